The number of carbonyl (C=O) groups is 1. The average Bonchev–Trinajstić information content (AvgIpc) is 2.88. The summed E-state index contributed by atoms with van der Waals surface area (Å²) < 4.78 is 3.17. The van der Waals surface area contributed by atoms with Gasteiger partial charge in [0.25, 0.3) is 0 Å². The zero-order valence-corrected chi connectivity index (χ0v) is 17.3. The third-order valence-electron chi connectivity index (χ3n) is 4.66. The molecule has 0 aliphatic carbocycles. The molecule has 3 aromatic rings. The van der Waals surface area contributed by atoms with Gasteiger partial charge < -0.3 is 9.67 Å². The summed E-state index contributed by atoms with van der Waals surface area (Å²) in [4.78, 5) is 15.8. The maximum Gasteiger partial charge on any atom is 0.335 e. The molecule has 5 heteroatoms. The van der Waals surface area contributed by atoms with E-state index in [1.807, 2.05) is 58.2 Å². The lowest BCUT2D eigenvalue weighted by atomic mass is 10.1. The summed E-state index contributed by atoms with van der Waals surface area (Å²) in [6.45, 7) is 8.06. The number of rotatable bonds is 4. The first-order chi connectivity index (χ1) is 12.8. The number of aliphatic imine (C=N–C) groups is 1. The molecular formula is C22H21BrN2O2. The van der Waals surface area contributed by atoms with Crippen molar-refractivity contribution in [3.8, 4) is 5.69 Å². The van der Waals surface area contributed by atoms with E-state index in [0.29, 0.717) is 5.56 Å². The summed E-state index contributed by atoms with van der Waals surface area (Å²) in [5.74, 6) is -0.914. The number of carboxylic acid groups (broad SMARTS) is 1. The lowest BCUT2D eigenvalue weighted by molar-refractivity contribution is 0.0697. The van der Waals surface area contributed by atoms with E-state index in [-0.39, 0.29) is 0 Å². The number of aryl methyl sites for hydroxylation is 3. The van der Waals surface area contributed by atoms with Gasteiger partial charge in [-0.05, 0) is 81.3 Å². The fraction of sp³-hybridized carbons (Fsp3) is 0.182. The zero-order chi connectivity index (χ0) is 19.7. The van der Waals surface area contributed by atoms with Crippen LogP contribution in [0.2, 0.25) is 0 Å². The summed E-state index contributed by atoms with van der Waals surface area (Å²) in [5, 5.41) is 9.17. The number of carboxylic acids is 1. The zero-order valence-electron chi connectivity index (χ0n) is 15.7. The number of halogens is 1. The van der Waals surface area contributed by atoms with Crippen molar-refractivity contribution in [3.05, 3.63) is 80.6 Å². The molecule has 4 nitrogen and oxygen atoms in total. The molecule has 1 N–H and O–H groups in total. The minimum atomic E-state index is -0.914. The maximum absolute atomic E-state index is 11.2. The minimum Gasteiger partial charge on any atom is -0.478 e. The van der Waals surface area contributed by atoms with Crippen LogP contribution in [-0.2, 0) is 0 Å². The molecule has 0 aliphatic rings. The third-order valence-corrected chi connectivity index (χ3v) is 5.15. The number of hydrogen-bond donors (Lipinski definition) is 1. The van der Waals surface area contributed by atoms with Crippen molar-refractivity contribution < 1.29 is 9.90 Å². The van der Waals surface area contributed by atoms with Gasteiger partial charge in [-0.2, -0.15) is 0 Å². The fourth-order valence-electron chi connectivity index (χ4n) is 3.23. The van der Waals surface area contributed by atoms with Crippen molar-refractivity contribution in [2.24, 2.45) is 4.99 Å². The van der Waals surface area contributed by atoms with Crippen LogP contribution in [0.5, 0.6) is 0 Å². The van der Waals surface area contributed by atoms with Crippen LogP contribution in [0.1, 0.15) is 38.4 Å². The number of aromatic carboxylic acids is 1. The molecular weight excluding hydrogens is 404 g/mol. The summed E-state index contributed by atoms with van der Waals surface area (Å²) in [7, 11) is 0. The van der Waals surface area contributed by atoms with E-state index in [1.54, 1.807) is 12.1 Å². The van der Waals surface area contributed by atoms with Crippen molar-refractivity contribution in [1.29, 1.82) is 0 Å². The molecule has 0 saturated carbocycles. The van der Waals surface area contributed by atoms with Gasteiger partial charge in [0.05, 0.1) is 11.3 Å². The SMILES string of the molecule is Cc1cc(Br)ccc1N=Cc1cc(C)n(-c2ccc(C(=O)O)cc2C)c1C. The highest BCUT2D eigenvalue weighted by molar-refractivity contribution is 9.10. The first kappa shape index (κ1) is 19.1. The first-order valence-electron chi connectivity index (χ1n) is 8.61. The Bertz CT molecular complexity index is 1060. The Morgan fingerprint density at radius 1 is 1.04 bits per heavy atom. The van der Waals surface area contributed by atoms with Gasteiger partial charge in [-0.1, -0.05) is 15.9 Å². The molecule has 0 aliphatic heterocycles. The van der Waals surface area contributed by atoms with Crippen molar-refractivity contribution >= 4 is 33.8 Å². The molecule has 0 spiro atoms. The van der Waals surface area contributed by atoms with Gasteiger partial charge in [0, 0.05) is 33.3 Å². The molecule has 0 saturated heterocycles. The predicted octanol–water partition coefficient (Wildman–Crippen LogP) is 5.92. The second-order valence-electron chi connectivity index (χ2n) is 6.66. The van der Waals surface area contributed by atoms with Crippen LogP contribution in [0.15, 0.2) is 51.9 Å². The minimum absolute atomic E-state index is 0.297. The lowest BCUT2D eigenvalue weighted by Crippen LogP contribution is -2.04. The molecule has 138 valence electrons. The Hall–Kier alpha value is -2.66. The molecule has 1 heterocycles. The predicted molar refractivity (Wildman–Crippen MR) is 113 cm³/mol. The Morgan fingerprint density at radius 2 is 1.78 bits per heavy atom. The highest BCUT2D eigenvalue weighted by atomic mass is 79.9. The van der Waals surface area contributed by atoms with Gasteiger partial charge in [-0.3, -0.25) is 4.99 Å². The van der Waals surface area contributed by atoms with Crippen LogP contribution in [0.3, 0.4) is 0 Å². The standard InChI is InChI=1S/C22H21BrN2O2/c1-13-10-19(23)6-7-20(13)24-12-18-11-15(3)25(16(18)4)21-8-5-17(22(26)27)9-14(21)2/h5-12H,1-4H3,(H,26,27). The van der Waals surface area contributed by atoms with E-state index >= 15 is 0 Å². The van der Waals surface area contributed by atoms with Gasteiger partial charge >= 0.3 is 5.97 Å². The summed E-state index contributed by atoms with van der Waals surface area (Å²) >= 11 is 3.47. The van der Waals surface area contributed by atoms with Crippen LogP contribution in [0.4, 0.5) is 5.69 Å². The average molecular weight is 425 g/mol. The van der Waals surface area contributed by atoms with E-state index in [1.165, 1.54) is 0 Å². The number of aromatic nitrogens is 1. The lowest BCUT2D eigenvalue weighted by Gasteiger charge is -2.13. The quantitative estimate of drug-likeness (QED) is 0.528. The molecule has 3 rings (SSSR count). The van der Waals surface area contributed by atoms with Crippen molar-refractivity contribution in [2.45, 2.75) is 27.7 Å². The summed E-state index contributed by atoms with van der Waals surface area (Å²) in [6, 6.07) is 13.3. The van der Waals surface area contributed by atoms with Crippen molar-refractivity contribution in [3.63, 3.8) is 0 Å². The van der Waals surface area contributed by atoms with E-state index in [0.717, 1.165) is 43.9 Å². The smallest absolute Gasteiger partial charge is 0.335 e. The van der Waals surface area contributed by atoms with Gasteiger partial charge in [-0.15, -0.1) is 0 Å². The first-order valence-corrected chi connectivity index (χ1v) is 9.40. The second kappa shape index (κ2) is 7.53. The van der Waals surface area contributed by atoms with Crippen LogP contribution in [0, 0.1) is 27.7 Å². The molecule has 2 aromatic carbocycles. The number of hydrogen-bond acceptors (Lipinski definition) is 2. The molecule has 0 bridgehead atoms. The van der Waals surface area contributed by atoms with E-state index in [2.05, 4.69) is 31.6 Å². The molecule has 1 aromatic heterocycles. The van der Waals surface area contributed by atoms with Crippen LogP contribution in [-0.4, -0.2) is 21.9 Å². The maximum atomic E-state index is 11.2. The number of benzene rings is 2. The van der Waals surface area contributed by atoms with E-state index in [9.17, 15) is 9.90 Å². The van der Waals surface area contributed by atoms with Crippen LogP contribution >= 0.6 is 15.9 Å². The van der Waals surface area contributed by atoms with Crippen molar-refractivity contribution in [1.82, 2.24) is 4.57 Å². The second-order valence-corrected chi connectivity index (χ2v) is 7.57. The molecule has 0 unspecified atom stereocenters. The largest absolute Gasteiger partial charge is 0.478 e. The summed E-state index contributed by atoms with van der Waals surface area (Å²) in [5.41, 5.74) is 7.42. The monoisotopic (exact) mass is 424 g/mol. The fourth-order valence-corrected chi connectivity index (χ4v) is 3.71. The molecule has 0 amide bonds. The topological polar surface area (TPSA) is 54.6 Å². The Morgan fingerprint density at radius 3 is 2.41 bits per heavy atom. The molecule has 0 radical (unpaired) electrons. The Labute approximate surface area is 167 Å². The highest BCUT2D eigenvalue weighted by Gasteiger charge is 2.13. The van der Waals surface area contributed by atoms with Gasteiger partial charge in [0.1, 0.15) is 0 Å². The van der Waals surface area contributed by atoms with Gasteiger partial charge in [0.15, 0.2) is 0 Å². The normalized spacial score (nSPS) is 11.3. The molecule has 0 atom stereocenters. The van der Waals surface area contributed by atoms with Gasteiger partial charge in [-0.25, -0.2) is 4.79 Å². The molecule has 0 fully saturated rings. The molecule has 27 heavy (non-hydrogen) atoms. The van der Waals surface area contributed by atoms with Crippen LogP contribution in [0.25, 0.3) is 5.69 Å². The Balaban J connectivity index is 2.00. The van der Waals surface area contributed by atoms with E-state index < -0.39 is 5.97 Å². The van der Waals surface area contributed by atoms with Crippen LogP contribution < -0.4 is 0 Å². The highest BCUT2D eigenvalue weighted by Crippen LogP contribution is 2.25. The van der Waals surface area contributed by atoms with Gasteiger partial charge in [0.2, 0.25) is 0 Å². The Kier molecular flexibility index (Phi) is 5.33. The number of nitrogens with zero attached hydrogens (tertiary/aromatic N) is 2. The van der Waals surface area contributed by atoms with Crippen molar-refractivity contribution in [2.75, 3.05) is 0 Å². The third kappa shape index (κ3) is 3.88. The van der Waals surface area contributed by atoms with E-state index in [4.69, 9.17) is 0 Å². The summed E-state index contributed by atoms with van der Waals surface area (Å²) in [6.07, 6.45) is 1.88.